The number of nitrogens with zero attached hydrogens (tertiary/aromatic N) is 4. The van der Waals surface area contributed by atoms with E-state index < -0.39 is 15.8 Å². The Labute approximate surface area is 189 Å². The van der Waals surface area contributed by atoms with Crippen LogP contribution in [0.2, 0.25) is 0 Å². The summed E-state index contributed by atoms with van der Waals surface area (Å²) in [6, 6.07) is 13.1. The average Bonchev–Trinajstić information content (AvgIpc) is 3.25. The van der Waals surface area contributed by atoms with Crippen LogP contribution in [0.5, 0.6) is 17.4 Å². The molecule has 0 fully saturated rings. The Kier molecular flexibility index (Phi) is 6.38. The summed E-state index contributed by atoms with van der Waals surface area (Å²) in [6.07, 6.45) is 0. The molecule has 172 valence electrons. The summed E-state index contributed by atoms with van der Waals surface area (Å²) in [7, 11) is -0.680. The molecule has 0 saturated carbocycles. The normalized spacial score (nSPS) is 11.5. The number of ether oxygens (including phenoxy) is 3. The molecule has 2 aromatic carbocycles. The first-order valence-electron chi connectivity index (χ1n) is 9.74. The van der Waals surface area contributed by atoms with Crippen molar-refractivity contribution in [2.45, 2.75) is 4.90 Å². The van der Waals surface area contributed by atoms with E-state index in [1.807, 2.05) is 0 Å². The molecule has 0 atom stereocenters. The molecular formula is C21H20FN5O5S. The summed E-state index contributed by atoms with van der Waals surface area (Å²) in [5.41, 5.74) is 1.11. The van der Waals surface area contributed by atoms with Crippen molar-refractivity contribution in [1.82, 2.24) is 24.5 Å². The molecule has 0 saturated heterocycles. The van der Waals surface area contributed by atoms with Crippen LogP contribution in [0.3, 0.4) is 0 Å². The largest absolute Gasteiger partial charge is 0.497 e. The molecular weight excluding hydrogens is 453 g/mol. The quantitative estimate of drug-likeness (QED) is 0.368. The summed E-state index contributed by atoms with van der Waals surface area (Å²) < 4.78 is 57.7. The Morgan fingerprint density at radius 3 is 2.52 bits per heavy atom. The fraction of sp³-hybridized carbons (Fsp3) is 0.190. The standard InChI is InChI=1S/C21H20FN5O5S/c1-30-15-5-8-18(31-2)17(13-15)21-25-24-19-9-10-20(26-27(19)21)32-12-11-23-33(28,29)16-6-3-14(22)4-7-16/h3-10,13,23H,11-12H2,1-2H3. The van der Waals surface area contributed by atoms with Gasteiger partial charge in [0.25, 0.3) is 0 Å². The van der Waals surface area contributed by atoms with Gasteiger partial charge in [0.1, 0.15) is 23.9 Å². The van der Waals surface area contributed by atoms with Crippen LogP contribution in [0, 0.1) is 5.82 Å². The van der Waals surface area contributed by atoms with Gasteiger partial charge in [-0.2, -0.15) is 4.52 Å². The van der Waals surface area contributed by atoms with E-state index in [1.54, 1.807) is 44.6 Å². The Balaban J connectivity index is 1.49. The minimum Gasteiger partial charge on any atom is -0.497 e. The van der Waals surface area contributed by atoms with Crippen molar-refractivity contribution in [2.75, 3.05) is 27.4 Å². The van der Waals surface area contributed by atoms with Crippen LogP contribution >= 0.6 is 0 Å². The van der Waals surface area contributed by atoms with Crippen LogP contribution in [-0.2, 0) is 10.0 Å². The maximum Gasteiger partial charge on any atom is 0.240 e. The number of nitrogens with one attached hydrogen (secondary N) is 1. The second-order valence-electron chi connectivity index (χ2n) is 6.73. The van der Waals surface area contributed by atoms with Crippen molar-refractivity contribution in [3.05, 3.63) is 60.4 Å². The number of rotatable bonds is 9. The van der Waals surface area contributed by atoms with E-state index in [0.717, 1.165) is 12.1 Å². The van der Waals surface area contributed by atoms with E-state index in [4.69, 9.17) is 14.2 Å². The molecule has 0 spiro atoms. The first kappa shape index (κ1) is 22.4. The molecule has 2 heterocycles. The van der Waals surface area contributed by atoms with E-state index in [1.165, 1.54) is 16.6 Å². The Morgan fingerprint density at radius 1 is 1.00 bits per heavy atom. The number of halogens is 1. The van der Waals surface area contributed by atoms with E-state index in [0.29, 0.717) is 28.5 Å². The Hall–Kier alpha value is -3.77. The van der Waals surface area contributed by atoms with Crippen molar-refractivity contribution in [1.29, 1.82) is 0 Å². The third-order valence-corrected chi connectivity index (χ3v) is 6.13. The topological polar surface area (TPSA) is 117 Å². The molecule has 4 rings (SSSR count). The van der Waals surface area contributed by atoms with Crippen LogP contribution in [-0.4, -0.2) is 55.6 Å². The lowest BCUT2D eigenvalue weighted by molar-refractivity contribution is 0.306. The van der Waals surface area contributed by atoms with Crippen LogP contribution in [0.1, 0.15) is 0 Å². The molecule has 0 radical (unpaired) electrons. The van der Waals surface area contributed by atoms with Crippen molar-refractivity contribution in [2.24, 2.45) is 0 Å². The summed E-state index contributed by atoms with van der Waals surface area (Å²) in [5, 5.41) is 12.7. The fourth-order valence-corrected chi connectivity index (χ4v) is 4.05. The summed E-state index contributed by atoms with van der Waals surface area (Å²) in [6.45, 7) is -0.00294. The van der Waals surface area contributed by atoms with Gasteiger partial charge in [-0.1, -0.05) is 0 Å². The lowest BCUT2D eigenvalue weighted by atomic mass is 10.2. The molecule has 0 amide bonds. The van der Waals surface area contributed by atoms with Crippen LogP contribution in [0.25, 0.3) is 17.0 Å². The van der Waals surface area contributed by atoms with Crippen molar-refractivity contribution in [3.8, 4) is 28.8 Å². The molecule has 4 aromatic rings. The molecule has 0 aliphatic rings. The van der Waals surface area contributed by atoms with E-state index in [9.17, 15) is 12.8 Å². The number of fused-ring (bicyclic) bond motifs is 1. The summed E-state index contributed by atoms with van der Waals surface area (Å²) >= 11 is 0. The molecule has 0 bridgehead atoms. The molecule has 2 aromatic heterocycles. The van der Waals surface area contributed by atoms with Crippen LogP contribution in [0.4, 0.5) is 4.39 Å². The molecule has 0 aliphatic heterocycles. The minimum atomic E-state index is -3.78. The van der Waals surface area contributed by atoms with Gasteiger partial charge in [-0.15, -0.1) is 15.3 Å². The van der Waals surface area contributed by atoms with Crippen LogP contribution in [0.15, 0.2) is 59.5 Å². The van der Waals surface area contributed by atoms with Crippen molar-refractivity contribution >= 4 is 15.7 Å². The number of hydrogen-bond donors (Lipinski definition) is 1. The smallest absolute Gasteiger partial charge is 0.240 e. The lowest BCUT2D eigenvalue weighted by Gasteiger charge is -2.10. The van der Waals surface area contributed by atoms with Gasteiger partial charge in [0.05, 0.1) is 24.7 Å². The lowest BCUT2D eigenvalue weighted by Crippen LogP contribution is -2.28. The number of sulfonamides is 1. The predicted molar refractivity (Wildman–Crippen MR) is 116 cm³/mol. The predicted octanol–water partition coefficient (Wildman–Crippen LogP) is 2.30. The number of methoxy groups -OCH3 is 2. The van der Waals surface area contributed by atoms with Crippen molar-refractivity contribution in [3.63, 3.8) is 0 Å². The van der Waals surface area contributed by atoms with Crippen LogP contribution < -0.4 is 18.9 Å². The molecule has 0 unspecified atom stereocenters. The highest BCUT2D eigenvalue weighted by atomic mass is 32.2. The highest BCUT2D eigenvalue weighted by molar-refractivity contribution is 7.89. The second-order valence-corrected chi connectivity index (χ2v) is 8.50. The van der Waals surface area contributed by atoms with E-state index >= 15 is 0 Å². The van der Waals surface area contributed by atoms with E-state index in [-0.39, 0.29) is 23.9 Å². The number of hydrogen-bond acceptors (Lipinski definition) is 8. The minimum absolute atomic E-state index is 0.0128. The highest BCUT2D eigenvalue weighted by Gasteiger charge is 2.17. The van der Waals surface area contributed by atoms with Gasteiger partial charge in [-0.3, -0.25) is 0 Å². The first-order valence-corrected chi connectivity index (χ1v) is 11.2. The zero-order valence-electron chi connectivity index (χ0n) is 17.7. The zero-order chi connectivity index (χ0) is 23.4. The van der Waals surface area contributed by atoms with Crippen molar-refractivity contribution < 1.29 is 27.0 Å². The highest BCUT2D eigenvalue weighted by Crippen LogP contribution is 2.32. The third kappa shape index (κ3) is 4.86. The summed E-state index contributed by atoms with van der Waals surface area (Å²) in [4.78, 5) is -0.0372. The second kappa shape index (κ2) is 9.38. The number of aromatic nitrogens is 4. The Bertz CT molecular complexity index is 1380. The van der Waals surface area contributed by atoms with E-state index in [2.05, 4.69) is 20.0 Å². The van der Waals surface area contributed by atoms with Gasteiger partial charge >= 0.3 is 0 Å². The van der Waals surface area contributed by atoms with Gasteiger partial charge in [-0.05, 0) is 48.5 Å². The molecule has 33 heavy (non-hydrogen) atoms. The maximum atomic E-state index is 13.0. The third-order valence-electron chi connectivity index (χ3n) is 4.65. The molecule has 10 nitrogen and oxygen atoms in total. The summed E-state index contributed by atoms with van der Waals surface area (Å²) in [5.74, 6) is 1.32. The first-order chi connectivity index (χ1) is 15.9. The maximum absolute atomic E-state index is 13.0. The molecule has 0 aliphatic carbocycles. The molecule has 1 N–H and O–H groups in total. The average molecular weight is 473 g/mol. The van der Waals surface area contributed by atoms with Gasteiger partial charge < -0.3 is 14.2 Å². The van der Waals surface area contributed by atoms with Gasteiger partial charge in [-0.25, -0.2) is 17.5 Å². The number of benzene rings is 2. The monoisotopic (exact) mass is 473 g/mol. The SMILES string of the molecule is COc1ccc(OC)c(-c2nnc3ccc(OCCNS(=O)(=O)c4ccc(F)cc4)nn23)c1. The van der Waals surface area contributed by atoms with Gasteiger partial charge in [0.2, 0.25) is 15.9 Å². The van der Waals surface area contributed by atoms with Gasteiger partial charge in [0.15, 0.2) is 11.5 Å². The molecule has 12 heteroatoms. The van der Waals surface area contributed by atoms with Gasteiger partial charge in [0, 0.05) is 12.6 Å². The zero-order valence-corrected chi connectivity index (χ0v) is 18.5. The fourth-order valence-electron chi connectivity index (χ4n) is 3.03. The Morgan fingerprint density at radius 2 is 1.79 bits per heavy atom.